The van der Waals surface area contributed by atoms with Crippen LogP contribution in [0.25, 0.3) is 10.8 Å². The third kappa shape index (κ3) is 2.76. The normalized spacial score (nSPS) is 14.1. The van der Waals surface area contributed by atoms with Crippen LogP contribution in [-0.2, 0) is 9.53 Å². The van der Waals surface area contributed by atoms with Gasteiger partial charge in [0.05, 0.1) is 18.6 Å². The molecule has 2 rings (SSSR count). The zero-order chi connectivity index (χ0) is 13.8. The predicted octanol–water partition coefficient (Wildman–Crippen LogP) is 3.07. The van der Waals surface area contributed by atoms with Crippen molar-refractivity contribution in [2.45, 2.75) is 20.0 Å². The quantitative estimate of drug-likeness (QED) is 0.857. The van der Waals surface area contributed by atoms with Gasteiger partial charge in [0.25, 0.3) is 0 Å². The van der Waals surface area contributed by atoms with Crippen LogP contribution >= 0.6 is 0 Å². The Hall–Kier alpha value is -1.87. The molecule has 0 aromatic heterocycles. The van der Waals surface area contributed by atoms with Crippen molar-refractivity contribution in [1.82, 2.24) is 0 Å². The van der Waals surface area contributed by atoms with Crippen molar-refractivity contribution in [2.75, 3.05) is 6.61 Å². The van der Waals surface area contributed by atoms with Crippen LogP contribution in [-0.4, -0.2) is 17.7 Å². The molecule has 3 nitrogen and oxygen atoms in total. The van der Waals surface area contributed by atoms with Crippen molar-refractivity contribution >= 4 is 16.7 Å². The topological polar surface area (TPSA) is 46.5 Å². The number of hydrogen-bond donors (Lipinski definition) is 1. The van der Waals surface area contributed by atoms with E-state index in [2.05, 4.69) is 0 Å². The zero-order valence-corrected chi connectivity index (χ0v) is 11.2. The van der Waals surface area contributed by atoms with Crippen molar-refractivity contribution in [3.05, 3.63) is 48.0 Å². The summed E-state index contributed by atoms with van der Waals surface area (Å²) in [6.45, 7) is 3.77. The van der Waals surface area contributed by atoms with E-state index in [1.54, 1.807) is 13.8 Å². The van der Waals surface area contributed by atoms with Crippen molar-refractivity contribution < 1.29 is 14.6 Å². The summed E-state index contributed by atoms with van der Waals surface area (Å²) in [6, 6.07) is 13.5. The van der Waals surface area contributed by atoms with Gasteiger partial charge in [0.2, 0.25) is 0 Å². The minimum absolute atomic E-state index is 0.325. The fourth-order valence-electron chi connectivity index (χ4n) is 2.18. The molecule has 0 fully saturated rings. The molecular weight excluding hydrogens is 240 g/mol. The van der Waals surface area contributed by atoms with Gasteiger partial charge in [-0.3, -0.25) is 4.79 Å². The molecule has 3 heteroatoms. The van der Waals surface area contributed by atoms with Crippen LogP contribution in [0.1, 0.15) is 25.5 Å². The molecule has 0 amide bonds. The maximum absolute atomic E-state index is 11.7. The first kappa shape index (κ1) is 13.6. The number of fused-ring (bicyclic) bond motifs is 1. The molecule has 0 aliphatic heterocycles. The van der Waals surface area contributed by atoms with E-state index in [0.717, 1.165) is 16.3 Å². The predicted molar refractivity (Wildman–Crippen MR) is 74.7 cm³/mol. The summed E-state index contributed by atoms with van der Waals surface area (Å²) in [5, 5.41) is 12.4. The molecular formula is C16H18O3. The van der Waals surface area contributed by atoms with E-state index in [1.165, 1.54) is 0 Å². The van der Waals surface area contributed by atoms with Crippen LogP contribution in [0.5, 0.6) is 0 Å². The number of carbonyl (C=O) groups is 1. The number of aliphatic hydroxyl groups excluding tert-OH is 1. The second-order valence-corrected chi connectivity index (χ2v) is 4.55. The SMILES string of the molecule is CCOC(=O)[C@H](C)[C@H](O)c1cccc2ccccc12. The second-order valence-electron chi connectivity index (χ2n) is 4.55. The summed E-state index contributed by atoms with van der Waals surface area (Å²) >= 11 is 0. The monoisotopic (exact) mass is 258 g/mol. The average Bonchev–Trinajstić information content (AvgIpc) is 2.45. The van der Waals surface area contributed by atoms with Gasteiger partial charge in [-0.2, -0.15) is 0 Å². The Kier molecular flexibility index (Phi) is 4.17. The van der Waals surface area contributed by atoms with Gasteiger partial charge in [-0.25, -0.2) is 0 Å². The van der Waals surface area contributed by atoms with Gasteiger partial charge in [-0.15, -0.1) is 0 Å². The second kappa shape index (κ2) is 5.85. The molecule has 0 heterocycles. The van der Waals surface area contributed by atoms with E-state index in [-0.39, 0.29) is 5.97 Å². The first-order chi connectivity index (χ1) is 9.15. The summed E-state index contributed by atoms with van der Waals surface area (Å²) < 4.78 is 4.96. The summed E-state index contributed by atoms with van der Waals surface area (Å²) in [6.07, 6.45) is -0.856. The summed E-state index contributed by atoms with van der Waals surface area (Å²) in [5.41, 5.74) is 0.763. The van der Waals surface area contributed by atoms with Gasteiger partial charge < -0.3 is 9.84 Å². The molecule has 2 atom stereocenters. The highest BCUT2D eigenvalue weighted by atomic mass is 16.5. The highest BCUT2D eigenvalue weighted by Crippen LogP contribution is 2.29. The number of benzene rings is 2. The van der Waals surface area contributed by atoms with Crippen molar-refractivity contribution in [3.8, 4) is 0 Å². The van der Waals surface area contributed by atoms with Gasteiger partial charge in [-0.1, -0.05) is 42.5 Å². The molecule has 19 heavy (non-hydrogen) atoms. The number of esters is 1. The van der Waals surface area contributed by atoms with E-state index in [9.17, 15) is 9.90 Å². The molecule has 0 saturated heterocycles. The number of carbonyl (C=O) groups excluding carboxylic acids is 1. The third-order valence-electron chi connectivity index (χ3n) is 3.27. The lowest BCUT2D eigenvalue weighted by atomic mass is 9.93. The number of hydrogen-bond acceptors (Lipinski definition) is 3. The first-order valence-electron chi connectivity index (χ1n) is 6.47. The van der Waals surface area contributed by atoms with Gasteiger partial charge >= 0.3 is 5.97 Å². The highest BCUT2D eigenvalue weighted by Gasteiger charge is 2.25. The molecule has 100 valence electrons. The van der Waals surface area contributed by atoms with Crippen LogP contribution < -0.4 is 0 Å². The van der Waals surface area contributed by atoms with Gasteiger partial charge in [0.1, 0.15) is 0 Å². The molecule has 0 bridgehead atoms. The van der Waals surface area contributed by atoms with Crippen LogP contribution in [0, 0.1) is 5.92 Å². The zero-order valence-electron chi connectivity index (χ0n) is 11.2. The lowest BCUT2D eigenvalue weighted by Crippen LogP contribution is -2.21. The summed E-state index contributed by atoms with van der Waals surface area (Å²) in [7, 11) is 0. The van der Waals surface area contributed by atoms with E-state index < -0.39 is 12.0 Å². The molecule has 0 radical (unpaired) electrons. The maximum Gasteiger partial charge on any atom is 0.311 e. The molecule has 0 aliphatic rings. The van der Waals surface area contributed by atoms with Gasteiger partial charge in [0, 0.05) is 0 Å². The fourth-order valence-corrected chi connectivity index (χ4v) is 2.18. The minimum atomic E-state index is -0.856. The van der Waals surface area contributed by atoms with E-state index in [0.29, 0.717) is 6.61 Å². The Bertz CT molecular complexity index is 572. The van der Waals surface area contributed by atoms with Crippen LogP contribution in [0.4, 0.5) is 0 Å². The Morgan fingerprint density at radius 2 is 1.89 bits per heavy atom. The molecule has 0 saturated carbocycles. The van der Waals surface area contributed by atoms with Crippen molar-refractivity contribution in [3.63, 3.8) is 0 Å². The molecule has 2 aromatic carbocycles. The van der Waals surface area contributed by atoms with Crippen LogP contribution in [0.3, 0.4) is 0 Å². The van der Waals surface area contributed by atoms with Gasteiger partial charge in [-0.05, 0) is 30.2 Å². The van der Waals surface area contributed by atoms with Gasteiger partial charge in [0.15, 0.2) is 0 Å². The van der Waals surface area contributed by atoms with E-state index in [4.69, 9.17) is 4.74 Å². The largest absolute Gasteiger partial charge is 0.466 e. The van der Waals surface area contributed by atoms with E-state index in [1.807, 2.05) is 42.5 Å². The smallest absolute Gasteiger partial charge is 0.311 e. The number of aliphatic hydroxyl groups is 1. The molecule has 0 unspecified atom stereocenters. The lowest BCUT2D eigenvalue weighted by Gasteiger charge is -2.19. The molecule has 0 spiro atoms. The Morgan fingerprint density at radius 3 is 2.63 bits per heavy atom. The summed E-state index contributed by atoms with van der Waals surface area (Å²) in [4.78, 5) is 11.7. The molecule has 0 aliphatic carbocycles. The first-order valence-corrected chi connectivity index (χ1v) is 6.47. The molecule has 1 N–H and O–H groups in total. The van der Waals surface area contributed by atoms with Crippen molar-refractivity contribution in [1.29, 1.82) is 0 Å². The van der Waals surface area contributed by atoms with E-state index >= 15 is 0 Å². The number of ether oxygens (including phenoxy) is 1. The Labute approximate surface area is 112 Å². The average molecular weight is 258 g/mol. The summed E-state index contributed by atoms with van der Waals surface area (Å²) in [5.74, 6) is -0.950. The third-order valence-corrected chi connectivity index (χ3v) is 3.27. The van der Waals surface area contributed by atoms with Crippen LogP contribution in [0.15, 0.2) is 42.5 Å². The lowest BCUT2D eigenvalue weighted by molar-refractivity contribution is -0.151. The standard InChI is InChI=1S/C16H18O3/c1-3-19-16(18)11(2)15(17)14-10-6-8-12-7-4-5-9-13(12)14/h4-11,15,17H,3H2,1-2H3/t11-,15+/m1/s1. The Balaban J connectivity index is 2.36. The van der Waals surface area contributed by atoms with Crippen molar-refractivity contribution in [2.24, 2.45) is 5.92 Å². The fraction of sp³-hybridized carbons (Fsp3) is 0.312. The minimum Gasteiger partial charge on any atom is -0.466 e. The van der Waals surface area contributed by atoms with Crippen LogP contribution in [0.2, 0.25) is 0 Å². The maximum atomic E-state index is 11.7. The highest BCUT2D eigenvalue weighted by molar-refractivity contribution is 5.86. The Morgan fingerprint density at radius 1 is 1.21 bits per heavy atom. The number of rotatable bonds is 4. The molecule has 2 aromatic rings.